The van der Waals surface area contributed by atoms with Crippen LogP contribution in [0, 0.1) is 0 Å². The zero-order valence-corrected chi connectivity index (χ0v) is 16.2. The van der Waals surface area contributed by atoms with E-state index in [0.29, 0.717) is 16.7 Å². The lowest BCUT2D eigenvalue weighted by atomic mass is 9.94. The number of carbonyl (C=O) groups is 2. The lowest BCUT2D eigenvalue weighted by molar-refractivity contribution is 0.0699. The van der Waals surface area contributed by atoms with Gasteiger partial charge in [-0.05, 0) is 31.2 Å². The number of benzene rings is 1. The summed E-state index contributed by atoms with van der Waals surface area (Å²) in [4.78, 5) is 37.8. The lowest BCUT2D eigenvalue weighted by Crippen LogP contribution is -2.30. The molecule has 1 aromatic carbocycles. The average Bonchev–Trinajstić information content (AvgIpc) is 3.12. The summed E-state index contributed by atoms with van der Waals surface area (Å²) < 4.78 is 7.51. The molecule has 0 fully saturated rings. The Bertz CT molecular complexity index is 1140. The average molecular weight is 397 g/mol. The van der Waals surface area contributed by atoms with Crippen molar-refractivity contribution in [2.45, 2.75) is 32.2 Å². The van der Waals surface area contributed by atoms with Gasteiger partial charge in [0.05, 0.1) is 13.7 Å². The molecule has 2 heterocycles. The van der Waals surface area contributed by atoms with Gasteiger partial charge in [0.25, 0.3) is 5.56 Å². The number of thiophene rings is 1. The van der Waals surface area contributed by atoms with Gasteiger partial charge in [-0.2, -0.15) is 0 Å². The van der Waals surface area contributed by atoms with Crippen LogP contribution < -0.4 is 10.3 Å². The summed E-state index contributed by atoms with van der Waals surface area (Å²) in [5.74, 6) is -1.18. The number of pyridine rings is 1. The maximum absolute atomic E-state index is 13.3. The number of carboxylic acid groups (broad SMARTS) is 1. The molecule has 28 heavy (non-hydrogen) atoms. The van der Waals surface area contributed by atoms with E-state index in [9.17, 15) is 19.5 Å². The van der Waals surface area contributed by atoms with E-state index in [1.807, 2.05) is 6.07 Å². The van der Waals surface area contributed by atoms with E-state index in [2.05, 4.69) is 0 Å². The van der Waals surface area contributed by atoms with Crippen molar-refractivity contribution in [3.05, 3.63) is 62.4 Å². The van der Waals surface area contributed by atoms with E-state index < -0.39 is 5.97 Å². The number of hydrogen-bond donors (Lipinski definition) is 1. The van der Waals surface area contributed by atoms with Gasteiger partial charge in [0, 0.05) is 16.0 Å². The predicted molar refractivity (Wildman–Crippen MR) is 107 cm³/mol. The Morgan fingerprint density at radius 3 is 2.57 bits per heavy atom. The molecule has 0 bridgehead atoms. The van der Waals surface area contributed by atoms with Crippen molar-refractivity contribution in [3.63, 3.8) is 0 Å². The smallest absolute Gasteiger partial charge is 0.349 e. The third-order valence-electron chi connectivity index (χ3n) is 5.16. The Balaban J connectivity index is 1.96. The second-order valence-corrected chi connectivity index (χ2v) is 7.81. The number of rotatable bonds is 5. The fraction of sp³-hybridized carbons (Fsp3) is 0.286. The standard InChI is InChI=1S/C21H19NO5S/c1-27-17-16-18(28-19(17)21(25)26)13-9-5-6-10-14(13)22(20(16)24)11-15(23)12-7-3-2-4-8-12/h2-4,7-8H,5-6,9-11H2,1H3,(H,25,26). The zero-order chi connectivity index (χ0) is 19.8. The van der Waals surface area contributed by atoms with Crippen molar-refractivity contribution in [3.8, 4) is 5.75 Å². The highest BCUT2D eigenvalue weighted by molar-refractivity contribution is 7.21. The van der Waals surface area contributed by atoms with Crippen molar-refractivity contribution in [2.24, 2.45) is 0 Å². The number of hydrogen-bond acceptors (Lipinski definition) is 5. The maximum atomic E-state index is 13.3. The number of aromatic carboxylic acids is 1. The van der Waals surface area contributed by atoms with E-state index >= 15 is 0 Å². The first-order valence-corrected chi connectivity index (χ1v) is 9.91. The van der Waals surface area contributed by atoms with Gasteiger partial charge in [-0.25, -0.2) is 4.79 Å². The van der Waals surface area contributed by atoms with Crippen LogP contribution in [0.5, 0.6) is 5.75 Å². The van der Waals surface area contributed by atoms with E-state index in [0.717, 1.165) is 41.9 Å². The Morgan fingerprint density at radius 2 is 1.89 bits per heavy atom. The third-order valence-corrected chi connectivity index (χ3v) is 6.38. The summed E-state index contributed by atoms with van der Waals surface area (Å²) in [7, 11) is 1.37. The highest BCUT2D eigenvalue weighted by Gasteiger charge is 2.28. The molecule has 1 aliphatic rings. The van der Waals surface area contributed by atoms with Crippen LogP contribution in [0.15, 0.2) is 35.1 Å². The quantitative estimate of drug-likeness (QED) is 0.666. The second-order valence-electron chi connectivity index (χ2n) is 6.79. The Labute approximate surface area is 165 Å². The number of methoxy groups -OCH3 is 1. The molecule has 0 amide bonds. The van der Waals surface area contributed by atoms with Crippen molar-refractivity contribution < 1.29 is 19.4 Å². The number of ether oxygens (including phenoxy) is 1. The number of fused-ring (bicyclic) bond motifs is 3. The Hall–Kier alpha value is -2.93. The first-order chi connectivity index (χ1) is 13.5. The first kappa shape index (κ1) is 18.4. The molecule has 1 N–H and O–H groups in total. The number of carbonyl (C=O) groups excluding carboxylic acids is 1. The molecule has 0 atom stereocenters. The summed E-state index contributed by atoms with van der Waals surface area (Å²) in [5, 5.41) is 9.79. The van der Waals surface area contributed by atoms with E-state index in [1.54, 1.807) is 24.3 Å². The van der Waals surface area contributed by atoms with Crippen LogP contribution in [0.4, 0.5) is 0 Å². The summed E-state index contributed by atoms with van der Waals surface area (Å²) in [6, 6.07) is 8.87. The van der Waals surface area contributed by atoms with Crippen LogP contribution in [0.1, 0.15) is 44.1 Å². The molecule has 1 aliphatic carbocycles. The molecule has 0 spiro atoms. The van der Waals surface area contributed by atoms with Crippen LogP contribution in [0.3, 0.4) is 0 Å². The third kappa shape index (κ3) is 2.92. The fourth-order valence-electron chi connectivity index (χ4n) is 3.87. The molecule has 0 saturated heterocycles. The minimum Gasteiger partial charge on any atom is -0.494 e. The normalized spacial score (nSPS) is 13.3. The second kappa shape index (κ2) is 7.24. The first-order valence-electron chi connectivity index (χ1n) is 9.09. The van der Waals surface area contributed by atoms with Crippen LogP contribution in [-0.2, 0) is 19.4 Å². The van der Waals surface area contributed by atoms with Crippen LogP contribution >= 0.6 is 11.3 Å². The summed E-state index contributed by atoms with van der Waals surface area (Å²) in [6.45, 7) is -0.0669. The van der Waals surface area contributed by atoms with Gasteiger partial charge >= 0.3 is 5.97 Å². The summed E-state index contributed by atoms with van der Waals surface area (Å²) in [5.41, 5.74) is 1.99. The van der Waals surface area contributed by atoms with Gasteiger partial charge in [0.2, 0.25) is 0 Å². The predicted octanol–water partition coefficient (Wildman–Crippen LogP) is 3.53. The number of aromatic nitrogens is 1. The molecule has 4 rings (SSSR count). The van der Waals surface area contributed by atoms with Crippen LogP contribution in [-0.4, -0.2) is 28.5 Å². The number of ketones is 1. The molecule has 3 aromatic rings. The van der Waals surface area contributed by atoms with E-state index in [4.69, 9.17) is 4.74 Å². The number of nitrogens with zero attached hydrogens (tertiary/aromatic N) is 1. The van der Waals surface area contributed by atoms with Crippen LogP contribution in [0.2, 0.25) is 0 Å². The molecular formula is C21H19NO5S. The molecular weight excluding hydrogens is 378 g/mol. The number of aryl methyl sites for hydroxylation is 1. The minimum absolute atomic E-state index is 0.0227. The molecule has 6 nitrogen and oxygen atoms in total. The van der Waals surface area contributed by atoms with Gasteiger partial charge < -0.3 is 14.4 Å². The molecule has 0 radical (unpaired) electrons. The Morgan fingerprint density at radius 1 is 1.18 bits per heavy atom. The summed E-state index contributed by atoms with van der Waals surface area (Å²) >= 11 is 1.09. The van der Waals surface area contributed by atoms with Gasteiger partial charge in [0.1, 0.15) is 5.39 Å². The lowest BCUT2D eigenvalue weighted by Gasteiger charge is -2.21. The van der Waals surface area contributed by atoms with Gasteiger partial charge in [-0.15, -0.1) is 11.3 Å². The highest BCUT2D eigenvalue weighted by atomic mass is 32.1. The van der Waals surface area contributed by atoms with Crippen LogP contribution in [0.25, 0.3) is 10.1 Å². The maximum Gasteiger partial charge on any atom is 0.349 e. The Kier molecular flexibility index (Phi) is 4.77. The molecule has 0 saturated carbocycles. The molecule has 144 valence electrons. The molecule has 7 heteroatoms. The van der Waals surface area contributed by atoms with E-state index in [-0.39, 0.29) is 33.9 Å². The largest absolute Gasteiger partial charge is 0.494 e. The molecule has 2 aromatic heterocycles. The topological polar surface area (TPSA) is 85.6 Å². The van der Waals surface area contributed by atoms with Crippen molar-refractivity contribution in [1.82, 2.24) is 4.57 Å². The van der Waals surface area contributed by atoms with Gasteiger partial charge in [-0.3, -0.25) is 9.59 Å². The van der Waals surface area contributed by atoms with Crippen molar-refractivity contribution >= 4 is 33.2 Å². The number of carboxylic acids is 1. The highest BCUT2D eigenvalue weighted by Crippen LogP contribution is 2.40. The molecule has 0 aliphatic heterocycles. The van der Waals surface area contributed by atoms with E-state index in [1.165, 1.54) is 11.7 Å². The SMILES string of the molecule is COc1c(C(=O)O)sc2c3c(n(CC(=O)c4ccccc4)c(=O)c12)CCCC3. The van der Waals surface area contributed by atoms with Gasteiger partial charge in [0.15, 0.2) is 16.4 Å². The monoisotopic (exact) mass is 397 g/mol. The summed E-state index contributed by atoms with van der Waals surface area (Å²) in [6.07, 6.45) is 3.36. The van der Waals surface area contributed by atoms with Crippen molar-refractivity contribution in [2.75, 3.05) is 7.11 Å². The zero-order valence-electron chi connectivity index (χ0n) is 15.4. The minimum atomic E-state index is -1.12. The fourth-order valence-corrected chi connectivity index (χ4v) is 5.07. The molecule has 0 unspecified atom stereocenters. The van der Waals surface area contributed by atoms with Gasteiger partial charge in [-0.1, -0.05) is 30.3 Å². The van der Waals surface area contributed by atoms with Crippen molar-refractivity contribution in [1.29, 1.82) is 0 Å². The number of Topliss-reactive ketones (excluding diaryl/α,β-unsaturated/α-hetero) is 1.